The van der Waals surface area contributed by atoms with E-state index in [-0.39, 0.29) is 15.4 Å². The Bertz CT molecular complexity index is 276. The third-order valence-electron chi connectivity index (χ3n) is 1.27. The Morgan fingerprint density at radius 3 is 2.27 bits per heavy atom. The molecule has 1 aromatic rings. The molecule has 1 rings (SSSR count). The molecule has 0 aliphatic rings. The van der Waals surface area contributed by atoms with E-state index < -0.39 is 12.2 Å². The smallest absolute Gasteiger partial charge is 0.423 e. The summed E-state index contributed by atoms with van der Waals surface area (Å²) in [5.41, 5.74) is 0.264. The van der Waals surface area contributed by atoms with E-state index in [1.807, 2.05) is 0 Å². The average molecular weight is 194 g/mol. The average Bonchev–Trinajstić information content (AvgIpc) is 2.17. The van der Waals surface area contributed by atoms with Gasteiger partial charge < -0.3 is 10.0 Å². The van der Waals surface area contributed by atoms with Gasteiger partial charge in [0.1, 0.15) is 0 Å². The molecule has 0 saturated carbocycles. The molecular weight excluding hydrogens is 189 g/mol. The third kappa shape index (κ3) is 1.56. The SMILES string of the molecule is Cc1c(F)sc(B(O)O)c1Cl. The first-order chi connectivity index (χ1) is 5.04. The number of halogens is 2. The van der Waals surface area contributed by atoms with Crippen LogP contribution in [0.2, 0.25) is 5.02 Å². The van der Waals surface area contributed by atoms with Gasteiger partial charge in [0.2, 0.25) is 0 Å². The quantitative estimate of drug-likeness (QED) is 0.640. The van der Waals surface area contributed by atoms with Crippen molar-refractivity contribution >= 4 is 34.8 Å². The molecule has 1 aromatic heterocycles. The molecule has 2 nitrogen and oxygen atoms in total. The van der Waals surface area contributed by atoms with Crippen molar-refractivity contribution in [2.45, 2.75) is 6.92 Å². The zero-order chi connectivity index (χ0) is 8.59. The fourth-order valence-corrected chi connectivity index (χ4v) is 1.80. The highest BCUT2D eigenvalue weighted by atomic mass is 35.5. The second-order valence-electron chi connectivity index (χ2n) is 2.05. The van der Waals surface area contributed by atoms with E-state index in [1.54, 1.807) is 0 Å². The van der Waals surface area contributed by atoms with Crippen molar-refractivity contribution in [2.75, 3.05) is 0 Å². The van der Waals surface area contributed by atoms with Gasteiger partial charge in [0.15, 0.2) is 5.13 Å². The molecule has 0 unspecified atom stereocenters. The summed E-state index contributed by atoms with van der Waals surface area (Å²) in [6, 6.07) is 0. The molecule has 1 heterocycles. The highest BCUT2D eigenvalue weighted by Gasteiger charge is 2.22. The van der Waals surface area contributed by atoms with Crippen molar-refractivity contribution < 1.29 is 14.4 Å². The maximum absolute atomic E-state index is 12.7. The summed E-state index contributed by atoms with van der Waals surface area (Å²) in [5.74, 6) is 0. The van der Waals surface area contributed by atoms with Crippen LogP contribution in [0, 0.1) is 12.1 Å². The molecule has 0 amide bonds. The molecule has 0 aliphatic heterocycles. The molecule has 2 N–H and O–H groups in total. The Morgan fingerprint density at radius 2 is 2.09 bits per heavy atom. The van der Waals surface area contributed by atoms with Crippen molar-refractivity contribution in [3.63, 3.8) is 0 Å². The minimum absolute atomic E-state index is 0.0571. The Hall–Kier alpha value is -0.0951. The summed E-state index contributed by atoms with van der Waals surface area (Å²) >= 11 is 6.21. The minimum atomic E-state index is -1.68. The van der Waals surface area contributed by atoms with Gasteiger partial charge >= 0.3 is 7.12 Å². The molecule has 0 bridgehead atoms. The summed E-state index contributed by atoms with van der Waals surface area (Å²) in [6.07, 6.45) is 0. The lowest BCUT2D eigenvalue weighted by Crippen LogP contribution is -2.27. The molecule has 0 aliphatic carbocycles. The Labute approximate surface area is 72.4 Å². The van der Waals surface area contributed by atoms with Crippen LogP contribution in [-0.4, -0.2) is 17.2 Å². The van der Waals surface area contributed by atoms with Crippen molar-refractivity contribution in [3.8, 4) is 0 Å². The van der Waals surface area contributed by atoms with Gasteiger partial charge in [-0.2, -0.15) is 4.39 Å². The molecule has 0 radical (unpaired) electrons. The van der Waals surface area contributed by atoms with Crippen molar-refractivity contribution in [3.05, 3.63) is 15.7 Å². The van der Waals surface area contributed by atoms with Crippen LogP contribution in [-0.2, 0) is 0 Å². The van der Waals surface area contributed by atoms with Gasteiger partial charge in [0.05, 0.1) is 9.80 Å². The summed E-state index contributed by atoms with van der Waals surface area (Å²) in [4.78, 5) is 0. The maximum Gasteiger partial charge on any atom is 0.500 e. The summed E-state index contributed by atoms with van der Waals surface area (Å²) < 4.78 is 12.7. The molecule has 6 heteroatoms. The van der Waals surface area contributed by atoms with Gasteiger partial charge in [-0.15, -0.1) is 11.3 Å². The van der Waals surface area contributed by atoms with Crippen LogP contribution >= 0.6 is 22.9 Å². The zero-order valence-electron chi connectivity index (χ0n) is 5.64. The topological polar surface area (TPSA) is 40.5 Å². The molecule has 60 valence electrons. The number of hydrogen-bond acceptors (Lipinski definition) is 3. The van der Waals surface area contributed by atoms with E-state index in [0.717, 1.165) is 0 Å². The first kappa shape index (κ1) is 9.00. The molecule has 0 saturated heterocycles. The molecule has 11 heavy (non-hydrogen) atoms. The molecule has 0 aromatic carbocycles. The number of hydrogen-bond donors (Lipinski definition) is 2. The first-order valence-electron chi connectivity index (χ1n) is 2.84. The standard InChI is InChI=1S/C5H5BClFO2S/c1-2-3(7)4(6(9)10)11-5(2)8/h9-10H,1H3. The Morgan fingerprint density at radius 1 is 1.55 bits per heavy atom. The fourth-order valence-electron chi connectivity index (χ4n) is 0.655. The van der Waals surface area contributed by atoms with Crippen LogP contribution in [0.1, 0.15) is 5.56 Å². The van der Waals surface area contributed by atoms with E-state index in [2.05, 4.69) is 0 Å². The summed E-state index contributed by atoms with van der Waals surface area (Å²) in [7, 11) is -1.68. The van der Waals surface area contributed by atoms with Gasteiger partial charge in [0, 0.05) is 5.56 Å². The van der Waals surface area contributed by atoms with E-state index in [9.17, 15) is 4.39 Å². The van der Waals surface area contributed by atoms with Crippen molar-refractivity contribution in [1.29, 1.82) is 0 Å². The van der Waals surface area contributed by atoms with Crippen LogP contribution < -0.4 is 4.78 Å². The van der Waals surface area contributed by atoms with Crippen LogP contribution in [0.25, 0.3) is 0 Å². The predicted octanol–water partition coefficient (Wildman–Crippen LogP) is 0.529. The molecule has 0 atom stereocenters. The second-order valence-corrected chi connectivity index (χ2v) is 3.43. The Kier molecular flexibility index (Phi) is 2.54. The van der Waals surface area contributed by atoms with Crippen molar-refractivity contribution in [1.82, 2.24) is 0 Å². The van der Waals surface area contributed by atoms with Gasteiger partial charge in [-0.05, 0) is 6.92 Å². The van der Waals surface area contributed by atoms with Crippen LogP contribution in [0.3, 0.4) is 0 Å². The lowest BCUT2D eigenvalue weighted by atomic mass is 9.89. The largest absolute Gasteiger partial charge is 0.500 e. The first-order valence-corrected chi connectivity index (χ1v) is 4.04. The lowest BCUT2D eigenvalue weighted by Gasteiger charge is -1.92. The van der Waals surface area contributed by atoms with E-state index in [0.29, 0.717) is 11.3 Å². The maximum atomic E-state index is 12.7. The van der Waals surface area contributed by atoms with Gasteiger partial charge in [-0.3, -0.25) is 0 Å². The zero-order valence-corrected chi connectivity index (χ0v) is 7.21. The van der Waals surface area contributed by atoms with Crippen LogP contribution in [0.4, 0.5) is 4.39 Å². The Balaban J connectivity index is 3.19. The highest BCUT2D eigenvalue weighted by Crippen LogP contribution is 2.22. The lowest BCUT2D eigenvalue weighted by molar-refractivity contribution is 0.427. The number of thiophene rings is 1. The molecule has 0 fully saturated rings. The van der Waals surface area contributed by atoms with Gasteiger partial charge in [-0.1, -0.05) is 11.6 Å². The molecule has 0 spiro atoms. The van der Waals surface area contributed by atoms with Gasteiger partial charge in [0.25, 0.3) is 0 Å². The summed E-state index contributed by atoms with van der Waals surface area (Å²) in [6.45, 7) is 1.49. The van der Waals surface area contributed by atoms with Crippen molar-refractivity contribution in [2.24, 2.45) is 0 Å². The second kappa shape index (κ2) is 3.10. The third-order valence-corrected chi connectivity index (χ3v) is 2.99. The number of rotatable bonds is 1. The minimum Gasteiger partial charge on any atom is -0.423 e. The molecular formula is C5H5BClFO2S. The summed E-state index contributed by atoms with van der Waals surface area (Å²) in [5, 5.41) is 16.9. The van der Waals surface area contributed by atoms with E-state index in [4.69, 9.17) is 21.6 Å². The highest BCUT2D eigenvalue weighted by molar-refractivity contribution is 7.21. The van der Waals surface area contributed by atoms with Gasteiger partial charge in [-0.25, -0.2) is 0 Å². The van der Waals surface area contributed by atoms with Crippen LogP contribution in [0.5, 0.6) is 0 Å². The van der Waals surface area contributed by atoms with Crippen LogP contribution in [0.15, 0.2) is 0 Å². The van der Waals surface area contributed by atoms with E-state index >= 15 is 0 Å². The predicted molar refractivity (Wildman–Crippen MR) is 43.8 cm³/mol. The normalized spacial score (nSPS) is 10.3. The monoisotopic (exact) mass is 194 g/mol. The van der Waals surface area contributed by atoms with E-state index in [1.165, 1.54) is 6.92 Å². The fraction of sp³-hybridized carbons (Fsp3) is 0.200.